The molecule has 0 aliphatic heterocycles. The van der Waals surface area contributed by atoms with E-state index in [4.69, 9.17) is 4.74 Å². The Kier molecular flexibility index (Phi) is 4.04. The second-order valence-corrected chi connectivity index (χ2v) is 6.33. The molecule has 1 saturated carbocycles. The molecule has 0 radical (unpaired) electrons. The molecule has 1 fully saturated rings. The second kappa shape index (κ2) is 5.39. The minimum absolute atomic E-state index is 0.192. The van der Waals surface area contributed by atoms with Crippen LogP contribution in [-0.4, -0.2) is 45.0 Å². The van der Waals surface area contributed by atoms with Crippen LogP contribution in [0.15, 0.2) is 6.07 Å². The van der Waals surface area contributed by atoms with Crippen molar-refractivity contribution in [1.29, 1.82) is 0 Å². The van der Waals surface area contributed by atoms with E-state index in [-0.39, 0.29) is 12.5 Å². The number of carboxylic acids is 1. The van der Waals surface area contributed by atoms with E-state index in [9.17, 15) is 14.7 Å². The van der Waals surface area contributed by atoms with Crippen LogP contribution in [0.5, 0.6) is 0 Å². The van der Waals surface area contributed by atoms with Gasteiger partial charge in [0.25, 0.3) is 5.91 Å². The summed E-state index contributed by atoms with van der Waals surface area (Å²) < 4.78 is 7.03. The minimum Gasteiger partial charge on any atom is -0.479 e. The van der Waals surface area contributed by atoms with Gasteiger partial charge in [-0.05, 0) is 19.9 Å². The Morgan fingerprint density at radius 3 is 2.59 bits per heavy atom. The second-order valence-electron chi connectivity index (χ2n) is 6.33. The molecule has 0 unspecified atom stereocenters. The van der Waals surface area contributed by atoms with Crippen molar-refractivity contribution in [2.45, 2.75) is 45.8 Å². The summed E-state index contributed by atoms with van der Waals surface area (Å²) in [4.78, 5) is 24.3. The SMILES string of the molecule is CCO[C@H]1C[C@](NC(=O)c2cc(C)nn2C)(C(=O)O)C1(C)C. The topological polar surface area (TPSA) is 93.5 Å². The van der Waals surface area contributed by atoms with Gasteiger partial charge in [0.1, 0.15) is 11.2 Å². The van der Waals surface area contributed by atoms with Gasteiger partial charge in [0, 0.05) is 25.5 Å². The van der Waals surface area contributed by atoms with Crippen molar-refractivity contribution in [2.75, 3.05) is 6.61 Å². The van der Waals surface area contributed by atoms with E-state index in [0.717, 1.165) is 0 Å². The zero-order chi connectivity index (χ0) is 16.7. The number of carbonyl (C=O) groups excluding carboxylic acids is 1. The Labute approximate surface area is 129 Å². The Morgan fingerprint density at radius 2 is 2.18 bits per heavy atom. The molecule has 0 saturated heterocycles. The van der Waals surface area contributed by atoms with E-state index in [1.54, 1.807) is 33.9 Å². The Hall–Kier alpha value is -1.89. The third-order valence-corrected chi connectivity index (χ3v) is 4.69. The maximum Gasteiger partial charge on any atom is 0.330 e. The van der Waals surface area contributed by atoms with Crippen molar-refractivity contribution in [3.8, 4) is 0 Å². The number of nitrogens with one attached hydrogen (secondary N) is 1. The summed E-state index contributed by atoms with van der Waals surface area (Å²) in [5.41, 5.74) is -0.980. The average molecular weight is 309 g/mol. The fourth-order valence-corrected chi connectivity index (χ4v) is 3.12. The predicted molar refractivity (Wildman–Crippen MR) is 79.6 cm³/mol. The highest BCUT2D eigenvalue weighted by molar-refractivity contribution is 5.97. The molecule has 1 aliphatic rings. The molecule has 1 aromatic heterocycles. The van der Waals surface area contributed by atoms with Crippen molar-refractivity contribution in [3.05, 3.63) is 17.5 Å². The Bertz CT molecular complexity index is 608. The van der Waals surface area contributed by atoms with Gasteiger partial charge in [0.05, 0.1) is 11.8 Å². The smallest absolute Gasteiger partial charge is 0.330 e. The lowest BCUT2D eigenvalue weighted by molar-refractivity contribution is -0.190. The van der Waals surface area contributed by atoms with E-state index in [2.05, 4.69) is 10.4 Å². The van der Waals surface area contributed by atoms with Crippen LogP contribution in [0.1, 0.15) is 43.4 Å². The molecule has 2 atom stereocenters. The van der Waals surface area contributed by atoms with Crippen molar-refractivity contribution >= 4 is 11.9 Å². The third kappa shape index (κ3) is 2.29. The number of carboxylic acid groups (broad SMARTS) is 1. The van der Waals surface area contributed by atoms with E-state index in [1.807, 2.05) is 6.92 Å². The molecule has 2 rings (SSSR count). The number of aryl methyl sites for hydroxylation is 2. The predicted octanol–water partition coefficient (Wildman–Crippen LogP) is 1.12. The molecule has 7 heteroatoms. The van der Waals surface area contributed by atoms with Gasteiger partial charge in [-0.3, -0.25) is 9.48 Å². The van der Waals surface area contributed by atoms with Crippen LogP contribution in [0.25, 0.3) is 0 Å². The first-order valence-corrected chi connectivity index (χ1v) is 7.34. The fourth-order valence-electron chi connectivity index (χ4n) is 3.12. The van der Waals surface area contributed by atoms with Crippen LogP contribution in [0.2, 0.25) is 0 Å². The highest BCUT2D eigenvalue weighted by Gasteiger charge is 2.66. The molecule has 1 aromatic rings. The summed E-state index contributed by atoms with van der Waals surface area (Å²) in [6.45, 7) is 7.77. The molecule has 1 aliphatic carbocycles. The van der Waals surface area contributed by atoms with Crippen LogP contribution in [0, 0.1) is 12.3 Å². The first kappa shape index (κ1) is 16.5. The lowest BCUT2D eigenvalue weighted by Gasteiger charge is -2.58. The zero-order valence-corrected chi connectivity index (χ0v) is 13.6. The molecule has 0 aromatic carbocycles. The molecule has 1 amide bonds. The van der Waals surface area contributed by atoms with Gasteiger partial charge in [-0.2, -0.15) is 5.10 Å². The largest absolute Gasteiger partial charge is 0.479 e. The van der Waals surface area contributed by atoms with Crippen LogP contribution in [0.3, 0.4) is 0 Å². The Morgan fingerprint density at radius 1 is 1.55 bits per heavy atom. The van der Waals surface area contributed by atoms with Crippen molar-refractivity contribution in [3.63, 3.8) is 0 Å². The first-order chi connectivity index (χ1) is 10.2. The molecule has 22 heavy (non-hydrogen) atoms. The molecule has 0 spiro atoms. The highest BCUT2D eigenvalue weighted by Crippen LogP contribution is 2.51. The fraction of sp³-hybridized carbons (Fsp3) is 0.667. The van der Waals surface area contributed by atoms with Crippen LogP contribution < -0.4 is 5.32 Å². The number of hydrogen-bond donors (Lipinski definition) is 2. The van der Waals surface area contributed by atoms with Gasteiger partial charge >= 0.3 is 5.97 Å². The standard InChI is InChI=1S/C15H23N3O4/c1-6-22-11-8-15(13(20)21,14(11,3)4)16-12(19)10-7-9(2)17-18(10)5/h7,11H,6,8H2,1-5H3,(H,16,19)(H,20,21)/t11-,15-/m0/s1. The monoisotopic (exact) mass is 309 g/mol. The maximum atomic E-state index is 12.5. The number of nitrogens with zero attached hydrogens (tertiary/aromatic N) is 2. The van der Waals surface area contributed by atoms with Crippen molar-refractivity contribution in [2.24, 2.45) is 12.5 Å². The molecule has 122 valence electrons. The first-order valence-electron chi connectivity index (χ1n) is 7.34. The number of amides is 1. The number of aromatic nitrogens is 2. The van der Waals surface area contributed by atoms with E-state index in [0.29, 0.717) is 18.0 Å². The maximum absolute atomic E-state index is 12.5. The summed E-state index contributed by atoms with van der Waals surface area (Å²) in [6, 6.07) is 1.64. The summed E-state index contributed by atoms with van der Waals surface area (Å²) in [5.74, 6) is -1.48. The molecule has 7 nitrogen and oxygen atoms in total. The summed E-state index contributed by atoms with van der Waals surface area (Å²) >= 11 is 0. The molecule has 0 bridgehead atoms. The lowest BCUT2D eigenvalue weighted by atomic mass is 9.54. The van der Waals surface area contributed by atoms with Crippen LogP contribution in [-0.2, 0) is 16.6 Å². The molecule has 2 N–H and O–H groups in total. The number of rotatable bonds is 5. The number of hydrogen-bond acceptors (Lipinski definition) is 4. The van der Waals surface area contributed by atoms with Gasteiger partial charge in [0.15, 0.2) is 0 Å². The minimum atomic E-state index is -1.33. The third-order valence-electron chi connectivity index (χ3n) is 4.69. The Balaban J connectivity index is 2.26. The number of carbonyl (C=O) groups is 2. The quantitative estimate of drug-likeness (QED) is 0.850. The molecule has 1 heterocycles. The summed E-state index contributed by atoms with van der Waals surface area (Å²) in [6.07, 6.45) is 0.0633. The normalized spacial score (nSPS) is 26.3. The van der Waals surface area contributed by atoms with E-state index < -0.39 is 22.8 Å². The summed E-state index contributed by atoms with van der Waals surface area (Å²) in [5, 5.41) is 16.5. The molecular weight excluding hydrogens is 286 g/mol. The van der Waals surface area contributed by atoms with Gasteiger partial charge < -0.3 is 15.2 Å². The van der Waals surface area contributed by atoms with Gasteiger partial charge in [0.2, 0.25) is 0 Å². The number of aliphatic carboxylic acids is 1. The number of ether oxygens (including phenoxy) is 1. The highest BCUT2D eigenvalue weighted by atomic mass is 16.5. The van der Waals surface area contributed by atoms with Crippen molar-refractivity contribution < 1.29 is 19.4 Å². The average Bonchev–Trinajstić information content (AvgIpc) is 2.75. The lowest BCUT2D eigenvalue weighted by Crippen LogP contribution is -2.76. The van der Waals surface area contributed by atoms with E-state index in [1.165, 1.54) is 4.68 Å². The molecular formula is C15H23N3O4. The van der Waals surface area contributed by atoms with E-state index >= 15 is 0 Å². The van der Waals surface area contributed by atoms with Crippen LogP contribution >= 0.6 is 0 Å². The van der Waals surface area contributed by atoms with Crippen LogP contribution in [0.4, 0.5) is 0 Å². The van der Waals surface area contributed by atoms with Crippen molar-refractivity contribution in [1.82, 2.24) is 15.1 Å². The summed E-state index contributed by atoms with van der Waals surface area (Å²) in [7, 11) is 1.66. The van der Waals surface area contributed by atoms with Gasteiger partial charge in [-0.15, -0.1) is 0 Å². The zero-order valence-electron chi connectivity index (χ0n) is 13.6. The van der Waals surface area contributed by atoms with Gasteiger partial charge in [-0.1, -0.05) is 13.8 Å². The van der Waals surface area contributed by atoms with Gasteiger partial charge in [-0.25, -0.2) is 4.79 Å².